The van der Waals surface area contributed by atoms with E-state index in [1.807, 2.05) is 0 Å². The van der Waals surface area contributed by atoms with Gasteiger partial charge in [0.15, 0.2) is 0 Å². The van der Waals surface area contributed by atoms with Crippen LogP contribution in [0.25, 0.3) is 0 Å². The molecule has 0 aliphatic heterocycles. The summed E-state index contributed by atoms with van der Waals surface area (Å²) >= 11 is 1.41. The van der Waals surface area contributed by atoms with Gasteiger partial charge in [-0.25, -0.2) is 0 Å². The van der Waals surface area contributed by atoms with Crippen molar-refractivity contribution in [1.29, 1.82) is 5.26 Å². The molecule has 96 valence electrons. The summed E-state index contributed by atoms with van der Waals surface area (Å²) in [5.74, 6) is -0.454. The van der Waals surface area contributed by atoms with E-state index in [0.717, 1.165) is 36.1 Å². The summed E-state index contributed by atoms with van der Waals surface area (Å²) in [7, 11) is 0. The predicted molar refractivity (Wildman–Crippen MR) is 72.2 cm³/mol. The van der Waals surface area contributed by atoms with E-state index < -0.39 is 5.91 Å². The molecule has 18 heavy (non-hydrogen) atoms. The lowest BCUT2D eigenvalue weighted by molar-refractivity contribution is 0.1000. The van der Waals surface area contributed by atoms with Gasteiger partial charge in [0.2, 0.25) is 0 Å². The van der Waals surface area contributed by atoms with Crippen molar-refractivity contribution in [3.63, 3.8) is 0 Å². The van der Waals surface area contributed by atoms with Crippen LogP contribution in [0.1, 0.15) is 47.0 Å². The van der Waals surface area contributed by atoms with Crippen molar-refractivity contribution in [3.05, 3.63) is 16.0 Å². The first-order chi connectivity index (χ1) is 8.53. The lowest BCUT2D eigenvalue weighted by Gasteiger charge is -2.30. The maximum Gasteiger partial charge on any atom is 0.251 e. The van der Waals surface area contributed by atoms with Crippen molar-refractivity contribution in [2.75, 3.05) is 5.73 Å². The van der Waals surface area contributed by atoms with E-state index in [0.29, 0.717) is 17.0 Å². The fourth-order valence-electron chi connectivity index (χ4n) is 2.81. The molecule has 0 fully saturated rings. The molecule has 1 aliphatic carbocycles. The number of nitrogens with two attached hydrogens (primary N) is 2. The summed E-state index contributed by atoms with van der Waals surface area (Å²) in [6.45, 7) is 2.09. The number of thiophene rings is 1. The third-order valence-corrected chi connectivity index (χ3v) is 4.74. The number of amides is 1. The van der Waals surface area contributed by atoms with E-state index in [1.165, 1.54) is 11.3 Å². The number of nitrogen functional groups attached to an aromatic ring is 1. The topological polar surface area (TPSA) is 92.9 Å². The Bertz CT molecular complexity index is 529. The van der Waals surface area contributed by atoms with Crippen molar-refractivity contribution in [2.45, 2.75) is 39.0 Å². The second-order valence-corrected chi connectivity index (χ2v) is 6.06. The Kier molecular flexibility index (Phi) is 3.31. The highest BCUT2D eigenvalue weighted by Gasteiger charge is 2.37. The first-order valence-electron chi connectivity index (χ1n) is 6.14. The van der Waals surface area contributed by atoms with Crippen molar-refractivity contribution >= 4 is 22.2 Å². The van der Waals surface area contributed by atoms with Gasteiger partial charge in [0.05, 0.1) is 22.0 Å². The number of hydrogen-bond donors (Lipinski definition) is 2. The van der Waals surface area contributed by atoms with E-state index in [9.17, 15) is 10.1 Å². The summed E-state index contributed by atoms with van der Waals surface area (Å²) in [6.07, 6.45) is 4.11. The number of primary amides is 1. The first-order valence-corrected chi connectivity index (χ1v) is 6.95. The number of fused-ring (bicyclic) bond motifs is 1. The third kappa shape index (κ3) is 1.97. The minimum absolute atomic E-state index is 0.284. The predicted octanol–water partition coefficient (Wildman–Crippen LogP) is 2.23. The van der Waals surface area contributed by atoms with Crippen LogP contribution in [0, 0.1) is 16.7 Å². The van der Waals surface area contributed by atoms with Crippen molar-refractivity contribution in [2.24, 2.45) is 11.1 Å². The highest BCUT2D eigenvalue weighted by Crippen LogP contribution is 2.44. The smallest absolute Gasteiger partial charge is 0.251 e. The zero-order valence-electron chi connectivity index (χ0n) is 10.5. The molecule has 1 aromatic rings. The highest BCUT2D eigenvalue weighted by atomic mass is 32.1. The van der Waals surface area contributed by atoms with Crippen LogP contribution in [0.5, 0.6) is 0 Å². The Labute approximate surface area is 111 Å². The van der Waals surface area contributed by atoms with Crippen LogP contribution < -0.4 is 11.5 Å². The molecule has 4 N–H and O–H groups in total. The molecule has 1 atom stereocenters. The van der Waals surface area contributed by atoms with Crippen LogP contribution >= 0.6 is 11.3 Å². The minimum atomic E-state index is -0.454. The fourth-order valence-corrected chi connectivity index (χ4v) is 4.08. The molecule has 0 aromatic carbocycles. The summed E-state index contributed by atoms with van der Waals surface area (Å²) in [6, 6.07) is 2.47. The number of nitrogens with zero attached hydrogens (tertiary/aromatic N) is 1. The standard InChI is InChI=1S/C13H17N3OS/c1-2-4-13(7-14)5-3-8-9(6-13)18-12(16)10(8)11(15)17/h2-6,16H2,1H3,(H2,15,17). The second-order valence-electron chi connectivity index (χ2n) is 4.93. The van der Waals surface area contributed by atoms with E-state index in [2.05, 4.69) is 13.0 Å². The number of carbonyl (C=O) groups excluding carboxylic acids is 1. The fraction of sp³-hybridized carbons (Fsp3) is 0.538. The zero-order chi connectivity index (χ0) is 13.3. The molecule has 1 unspecified atom stereocenters. The van der Waals surface area contributed by atoms with Crippen LogP contribution in [0.15, 0.2) is 0 Å². The molecule has 0 saturated carbocycles. The number of anilines is 1. The average molecular weight is 263 g/mol. The Balaban J connectivity index is 2.40. The maximum atomic E-state index is 11.4. The molecule has 1 amide bonds. The number of rotatable bonds is 3. The largest absolute Gasteiger partial charge is 0.390 e. The minimum Gasteiger partial charge on any atom is -0.390 e. The van der Waals surface area contributed by atoms with Crippen LogP contribution in [-0.4, -0.2) is 5.91 Å². The highest BCUT2D eigenvalue weighted by molar-refractivity contribution is 7.16. The zero-order valence-corrected chi connectivity index (χ0v) is 11.3. The SMILES string of the molecule is CCCC1(C#N)CCc2c(sc(N)c2C(N)=O)C1. The van der Waals surface area contributed by atoms with Gasteiger partial charge in [0, 0.05) is 11.3 Å². The van der Waals surface area contributed by atoms with E-state index in [1.54, 1.807) is 0 Å². The van der Waals surface area contributed by atoms with Gasteiger partial charge >= 0.3 is 0 Å². The van der Waals surface area contributed by atoms with Gasteiger partial charge in [-0.05, 0) is 24.8 Å². The summed E-state index contributed by atoms with van der Waals surface area (Å²) < 4.78 is 0. The molecule has 4 nitrogen and oxygen atoms in total. The normalized spacial score (nSPS) is 22.2. The number of hydrogen-bond acceptors (Lipinski definition) is 4. The van der Waals surface area contributed by atoms with Crippen molar-refractivity contribution < 1.29 is 4.79 Å². The van der Waals surface area contributed by atoms with Crippen LogP contribution in [-0.2, 0) is 12.8 Å². The van der Waals surface area contributed by atoms with Crippen LogP contribution in [0.3, 0.4) is 0 Å². The lowest BCUT2D eigenvalue weighted by atomic mass is 9.72. The van der Waals surface area contributed by atoms with Crippen molar-refractivity contribution in [1.82, 2.24) is 0 Å². The molecule has 0 radical (unpaired) electrons. The Hall–Kier alpha value is -1.54. The van der Waals surface area contributed by atoms with Gasteiger partial charge in [-0.15, -0.1) is 11.3 Å². The molecule has 1 aliphatic rings. The molecule has 2 rings (SSSR count). The molecular formula is C13H17N3OS. The lowest BCUT2D eigenvalue weighted by Crippen LogP contribution is -2.27. The molecule has 0 saturated heterocycles. The Morgan fingerprint density at radius 1 is 1.61 bits per heavy atom. The molecular weight excluding hydrogens is 246 g/mol. The molecule has 0 spiro atoms. The monoisotopic (exact) mass is 263 g/mol. The summed E-state index contributed by atoms with van der Waals surface area (Å²) in [5.41, 5.74) is 12.4. The van der Waals surface area contributed by atoms with Gasteiger partial charge < -0.3 is 11.5 Å². The third-order valence-electron chi connectivity index (χ3n) is 3.68. The number of nitriles is 1. The molecule has 5 heteroatoms. The quantitative estimate of drug-likeness (QED) is 0.875. The van der Waals surface area contributed by atoms with Crippen molar-refractivity contribution in [3.8, 4) is 6.07 Å². The van der Waals surface area contributed by atoms with E-state index in [-0.39, 0.29) is 5.41 Å². The van der Waals surface area contributed by atoms with Gasteiger partial charge in [-0.2, -0.15) is 5.26 Å². The maximum absolute atomic E-state index is 11.4. The van der Waals surface area contributed by atoms with Gasteiger partial charge in [-0.1, -0.05) is 13.3 Å². The Morgan fingerprint density at radius 2 is 2.33 bits per heavy atom. The molecule has 1 aromatic heterocycles. The summed E-state index contributed by atoms with van der Waals surface area (Å²) in [5, 5.41) is 9.91. The second kappa shape index (κ2) is 4.62. The Morgan fingerprint density at radius 3 is 2.89 bits per heavy atom. The van der Waals surface area contributed by atoms with Gasteiger partial charge in [0.1, 0.15) is 0 Å². The van der Waals surface area contributed by atoms with Gasteiger partial charge in [-0.3, -0.25) is 4.79 Å². The number of carbonyl (C=O) groups is 1. The van der Waals surface area contributed by atoms with Gasteiger partial charge in [0.25, 0.3) is 5.91 Å². The van der Waals surface area contributed by atoms with E-state index in [4.69, 9.17) is 11.5 Å². The molecule has 1 heterocycles. The molecule has 0 bridgehead atoms. The first kappa shape index (κ1) is 12.9. The van der Waals surface area contributed by atoms with E-state index >= 15 is 0 Å². The summed E-state index contributed by atoms with van der Waals surface area (Å²) in [4.78, 5) is 12.5. The van der Waals surface area contributed by atoms with Crippen LogP contribution in [0.4, 0.5) is 5.00 Å². The average Bonchev–Trinajstić information content (AvgIpc) is 2.64. The van der Waals surface area contributed by atoms with Crippen LogP contribution in [0.2, 0.25) is 0 Å².